The molecule has 0 aromatic carbocycles. The van der Waals surface area contributed by atoms with E-state index in [-0.39, 0.29) is 12.8 Å². The van der Waals surface area contributed by atoms with Gasteiger partial charge in [-0.15, -0.1) is 0 Å². The first-order chi connectivity index (χ1) is 8.75. The average Bonchev–Trinajstić information content (AvgIpc) is 2.29. The fourth-order valence-electron chi connectivity index (χ4n) is 0.938. The van der Waals surface area contributed by atoms with Crippen LogP contribution in [0.25, 0.3) is 0 Å². The summed E-state index contributed by atoms with van der Waals surface area (Å²) in [5.74, 6) is -0.226. The van der Waals surface area contributed by atoms with Gasteiger partial charge >= 0.3 is 11.9 Å². The molecule has 0 amide bonds. The molecule has 0 aromatic rings. The fraction of sp³-hybridized carbons (Fsp3) is 0.818. The van der Waals surface area contributed by atoms with E-state index in [2.05, 4.69) is 25.3 Å². The minimum Gasteiger partial charge on any atom is -0.445 e. The molecule has 19 heavy (non-hydrogen) atoms. The molecule has 0 fully saturated rings. The maximum absolute atomic E-state index is 11.3. The average molecular weight is 349 g/mol. The number of carbonyl (C=O) groups is 2. The second-order valence-corrected chi connectivity index (χ2v) is 6.07. The lowest BCUT2D eigenvalue weighted by Gasteiger charge is -2.32. The Balaban J connectivity index is 4.48. The zero-order chi connectivity index (χ0) is 15.1. The Morgan fingerprint density at radius 2 is 1.32 bits per heavy atom. The van der Waals surface area contributed by atoms with Crippen LogP contribution in [0.4, 0.5) is 0 Å². The van der Waals surface area contributed by atoms with Crippen molar-refractivity contribution in [2.75, 3.05) is 11.5 Å². The number of halogens is 2. The molecule has 4 nitrogen and oxygen atoms in total. The number of hydrogen-bond acceptors (Lipinski definition) is 6. The van der Waals surface area contributed by atoms with Gasteiger partial charge in [-0.25, -0.2) is 0 Å². The number of alkyl halides is 2. The normalized spacial score (nSPS) is 14.6. The van der Waals surface area contributed by atoms with E-state index in [0.29, 0.717) is 11.5 Å². The van der Waals surface area contributed by atoms with Gasteiger partial charge in [0.1, 0.15) is 0 Å². The first-order valence-corrected chi connectivity index (χ1v) is 7.78. The summed E-state index contributed by atoms with van der Waals surface area (Å²) in [5.41, 5.74) is -2.95. The molecule has 0 aliphatic heterocycles. The second-order valence-electron chi connectivity index (χ2n) is 4.38. The third-order valence-corrected chi connectivity index (χ3v) is 4.02. The summed E-state index contributed by atoms with van der Waals surface area (Å²) in [5, 5.41) is 0. The molecule has 0 aliphatic carbocycles. The molecular formula is C11H18Cl2O4S2. The molecule has 0 bridgehead atoms. The second kappa shape index (κ2) is 9.21. The Morgan fingerprint density at radius 3 is 1.58 bits per heavy atom. The van der Waals surface area contributed by atoms with Crippen LogP contribution < -0.4 is 0 Å². The lowest BCUT2D eigenvalue weighted by Crippen LogP contribution is -2.39. The minimum atomic E-state index is -1.01. The van der Waals surface area contributed by atoms with Crippen LogP contribution in [0.3, 0.4) is 0 Å². The van der Waals surface area contributed by atoms with Gasteiger partial charge in [-0.2, -0.15) is 25.3 Å². The SMILES string of the molecule is CC(C)(C(Cl)OC(=O)CCS)C(Cl)OC(=O)CCS. The molecule has 2 unspecified atom stereocenters. The maximum Gasteiger partial charge on any atom is 0.308 e. The third-order valence-electron chi connectivity index (χ3n) is 2.27. The van der Waals surface area contributed by atoms with Crippen molar-refractivity contribution in [1.29, 1.82) is 0 Å². The first kappa shape index (κ1) is 19.2. The summed E-state index contributed by atoms with van der Waals surface area (Å²) in [6, 6.07) is 0. The summed E-state index contributed by atoms with van der Waals surface area (Å²) in [6.07, 6.45) is 0.295. The highest BCUT2D eigenvalue weighted by Crippen LogP contribution is 2.35. The van der Waals surface area contributed by atoms with Gasteiger partial charge in [0.2, 0.25) is 0 Å². The lowest BCUT2D eigenvalue weighted by atomic mass is 9.95. The van der Waals surface area contributed by atoms with E-state index in [9.17, 15) is 9.59 Å². The fourth-order valence-corrected chi connectivity index (χ4v) is 1.80. The summed E-state index contributed by atoms with van der Waals surface area (Å²) in [6.45, 7) is 3.29. The molecular weight excluding hydrogens is 331 g/mol. The van der Waals surface area contributed by atoms with Gasteiger partial charge in [0, 0.05) is 11.5 Å². The van der Waals surface area contributed by atoms with E-state index >= 15 is 0 Å². The number of esters is 2. The van der Waals surface area contributed by atoms with Gasteiger partial charge in [-0.1, -0.05) is 37.0 Å². The molecule has 0 heterocycles. The maximum atomic E-state index is 11.3. The predicted octanol–water partition coefficient (Wildman–Crippen LogP) is 2.87. The van der Waals surface area contributed by atoms with Crippen LogP contribution in [0.5, 0.6) is 0 Å². The van der Waals surface area contributed by atoms with Crippen LogP contribution in [0.2, 0.25) is 0 Å². The highest BCUT2D eigenvalue weighted by molar-refractivity contribution is 7.80. The van der Waals surface area contributed by atoms with Crippen molar-refractivity contribution in [2.45, 2.75) is 37.8 Å². The van der Waals surface area contributed by atoms with E-state index < -0.39 is 28.5 Å². The van der Waals surface area contributed by atoms with Crippen molar-refractivity contribution in [3.63, 3.8) is 0 Å². The van der Waals surface area contributed by atoms with Crippen molar-refractivity contribution in [2.24, 2.45) is 5.41 Å². The molecule has 0 rings (SSSR count). The number of rotatable bonds is 8. The Bertz CT molecular complexity index is 285. The van der Waals surface area contributed by atoms with Crippen molar-refractivity contribution in [1.82, 2.24) is 0 Å². The number of ether oxygens (including phenoxy) is 2. The van der Waals surface area contributed by atoms with Crippen LogP contribution in [0.15, 0.2) is 0 Å². The smallest absolute Gasteiger partial charge is 0.308 e. The van der Waals surface area contributed by atoms with E-state index in [1.54, 1.807) is 13.8 Å². The van der Waals surface area contributed by atoms with E-state index in [0.717, 1.165) is 0 Å². The third kappa shape index (κ3) is 6.97. The van der Waals surface area contributed by atoms with Crippen LogP contribution in [0, 0.1) is 5.41 Å². The molecule has 0 aromatic heterocycles. The van der Waals surface area contributed by atoms with Gasteiger partial charge in [0.15, 0.2) is 11.1 Å². The highest BCUT2D eigenvalue weighted by Gasteiger charge is 2.40. The van der Waals surface area contributed by atoms with Crippen molar-refractivity contribution >= 4 is 60.4 Å². The molecule has 0 N–H and O–H groups in total. The standard InChI is InChI=1S/C11H18Cl2O4S2/c1-11(2,9(12)16-7(14)3-5-18)10(13)17-8(15)4-6-19/h9-10,18-19H,3-6H2,1-2H3. The highest BCUT2D eigenvalue weighted by atomic mass is 35.5. The molecule has 8 heteroatoms. The van der Waals surface area contributed by atoms with E-state index in [1.807, 2.05) is 0 Å². The van der Waals surface area contributed by atoms with Gasteiger partial charge in [0.25, 0.3) is 0 Å². The monoisotopic (exact) mass is 348 g/mol. The number of hydrogen-bond donors (Lipinski definition) is 2. The minimum absolute atomic E-state index is 0.148. The molecule has 112 valence electrons. The summed E-state index contributed by atoms with van der Waals surface area (Å²) < 4.78 is 10.0. The van der Waals surface area contributed by atoms with Crippen molar-refractivity contribution < 1.29 is 19.1 Å². The molecule has 2 atom stereocenters. The topological polar surface area (TPSA) is 52.6 Å². The molecule has 0 aliphatic rings. The summed E-state index contributed by atoms with van der Waals surface area (Å²) in [7, 11) is 0. The van der Waals surface area contributed by atoms with E-state index in [1.165, 1.54) is 0 Å². The van der Waals surface area contributed by atoms with Crippen molar-refractivity contribution in [3.8, 4) is 0 Å². The summed E-state index contributed by atoms with van der Waals surface area (Å²) in [4.78, 5) is 22.7. The Kier molecular flexibility index (Phi) is 9.32. The largest absolute Gasteiger partial charge is 0.445 e. The predicted molar refractivity (Wildman–Crippen MR) is 82.2 cm³/mol. The zero-order valence-corrected chi connectivity index (χ0v) is 14.1. The summed E-state index contributed by atoms with van der Waals surface area (Å²) >= 11 is 19.8. The number of carbonyl (C=O) groups excluding carboxylic acids is 2. The first-order valence-electron chi connectivity index (χ1n) is 5.64. The molecule has 0 saturated carbocycles. The number of thiol groups is 2. The van der Waals surface area contributed by atoms with Gasteiger partial charge in [-0.3, -0.25) is 9.59 Å². The van der Waals surface area contributed by atoms with Crippen molar-refractivity contribution in [3.05, 3.63) is 0 Å². The van der Waals surface area contributed by atoms with Gasteiger partial charge in [0.05, 0.1) is 18.3 Å². The molecule has 0 radical (unpaired) electrons. The molecule has 0 spiro atoms. The Morgan fingerprint density at radius 1 is 1.00 bits per heavy atom. The van der Waals surface area contributed by atoms with Gasteiger partial charge < -0.3 is 9.47 Å². The van der Waals surface area contributed by atoms with Crippen LogP contribution in [-0.2, 0) is 19.1 Å². The lowest BCUT2D eigenvalue weighted by molar-refractivity contribution is -0.157. The van der Waals surface area contributed by atoms with Crippen LogP contribution >= 0.6 is 48.5 Å². The van der Waals surface area contributed by atoms with Crippen LogP contribution in [-0.4, -0.2) is 34.6 Å². The van der Waals surface area contributed by atoms with Crippen LogP contribution in [0.1, 0.15) is 26.7 Å². The zero-order valence-electron chi connectivity index (χ0n) is 10.8. The van der Waals surface area contributed by atoms with E-state index in [4.69, 9.17) is 32.7 Å². The Labute approximate surface area is 134 Å². The Hall–Kier alpha value is 0.220. The van der Waals surface area contributed by atoms with Gasteiger partial charge in [-0.05, 0) is 0 Å². The molecule has 0 saturated heterocycles. The quantitative estimate of drug-likeness (QED) is 0.402.